The Kier molecular flexibility index (Phi) is 18.3. The molecule has 64 heavy (non-hydrogen) atoms. The van der Waals surface area contributed by atoms with Gasteiger partial charge in [0.25, 0.3) is 5.91 Å². The van der Waals surface area contributed by atoms with Gasteiger partial charge in [0, 0.05) is 19.9 Å². The van der Waals surface area contributed by atoms with E-state index in [0.717, 1.165) is 9.80 Å². The number of piperidine rings is 1. The van der Waals surface area contributed by atoms with Crippen molar-refractivity contribution in [3.63, 3.8) is 0 Å². The molecule has 2 saturated heterocycles. The topological polar surface area (TPSA) is 287 Å². The number of aliphatic hydroxyl groups excluding tert-OH is 2. The smallest absolute Gasteiger partial charge is 0.397 e. The van der Waals surface area contributed by atoms with E-state index in [0.29, 0.717) is 17.5 Å². The number of fused-ring (bicyclic) bond motifs is 2. The first-order valence-electron chi connectivity index (χ1n) is 21.2. The number of ether oxygens (including phenoxy) is 1. The van der Waals surface area contributed by atoms with Crippen LogP contribution in [0.15, 0.2) is 60.7 Å². The summed E-state index contributed by atoms with van der Waals surface area (Å²) in [5, 5.41) is 32.0. The maximum atomic E-state index is 15.0. The summed E-state index contributed by atoms with van der Waals surface area (Å²) in [4.78, 5) is 102. The van der Waals surface area contributed by atoms with E-state index in [1.165, 1.54) is 14.0 Å². The van der Waals surface area contributed by atoms with E-state index in [1.54, 1.807) is 88.4 Å². The van der Waals surface area contributed by atoms with Crippen molar-refractivity contribution in [1.82, 2.24) is 31.1 Å². The van der Waals surface area contributed by atoms with Gasteiger partial charge in [0.15, 0.2) is 6.10 Å². The van der Waals surface area contributed by atoms with Crippen molar-refractivity contribution < 1.29 is 65.7 Å². The van der Waals surface area contributed by atoms with Gasteiger partial charge in [-0.2, -0.15) is 8.42 Å². The zero-order valence-electron chi connectivity index (χ0n) is 36.7. The Balaban J connectivity index is 1.87. The molecule has 352 valence electrons. The van der Waals surface area contributed by atoms with E-state index in [-0.39, 0.29) is 38.0 Å². The largest absolute Gasteiger partial charge is 0.458 e. The number of nitrogens with one attached hydrogen (secondary N) is 4. The Hall–Kier alpha value is -5.48. The number of nitrogens with zero attached hydrogens (tertiary/aromatic N) is 2. The van der Waals surface area contributed by atoms with Gasteiger partial charge < -0.3 is 46.0 Å². The van der Waals surface area contributed by atoms with Gasteiger partial charge in [-0.05, 0) is 49.1 Å². The summed E-state index contributed by atoms with van der Waals surface area (Å²) in [6, 6.07) is 8.76. The maximum absolute atomic E-state index is 15.0. The summed E-state index contributed by atoms with van der Waals surface area (Å²) in [6.07, 6.45) is -5.35. The minimum Gasteiger partial charge on any atom is -0.458 e. The van der Waals surface area contributed by atoms with Gasteiger partial charge >= 0.3 is 16.4 Å². The second kappa shape index (κ2) is 22.9. The van der Waals surface area contributed by atoms with Crippen molar-refractivity contribution >= 4 is 51.8 Å². The number of cyclic esters (lactones) is 1. The summed E-state index contributed by atoms with van der Waals surface area (Å²) in [5.74, 6) is -7.60. The molecule has 21 heteroatoms. The van der Waals surface area contributed by atoms with Crippen LogP contribution in [0.2, 0.25) is 0 Å². The molecule has 10 atom stereocenters. The SMILES string of the molecule is CC[C@@H](C)[C@@H]1NC(=O)[C@H](Cc2ccccc2)N(C)C(=O)[C@H](Cc2ccccc2)N2C(=O)[C@H](CC[C@H]2O)NC(=O)[C@H](CC(C)C)NC(=O)[C@@H](NC(=O)[C@@H](O)COS(=O)(=O)O)[C@@H](C)OC1=O. The number of carbonyl (C=O) groups excluding carboxylic acids is 7. The Labute approximate surface area is 372 Å². The molecule has 0 spiro atoms. The first-order valence-corrected chi connectivity index (χ1v) is 22.5. The normalized spacial score (nSPS) is 26.7. The van der Waals surface area contributed by atoms with Crippen LogP contribution in [0.1, 0.15) is 71.4 Å². The lowest BCUT2D eigenvalue weighted by Gasteiger charge is -2.43. The number of rotatable bonds is 13. The highest BCUT2D eigenvalue weighted by Gasteiger charge is 2.46. The van der Waals surface area contributed by atoms with Crippen molar-refractivity contribution in [2.24, 2.45) is 11.8 Å². The van der Waals surface area contributed by atoms with E-state index < -0.39 is 119 Å². The third-order valence-corrected chi connectivity index (χ3v) is 11.8. The van der Waals surface area contributed by atoms with E-state index in [9.17, 15) is 52.2 Å². The molecule has 2 bridgehead atoms. The van der Waals surface area contributed by atoms with Crippen LogP contribution in [-0.2, 0) is 65.7 Å². The Morgan fingerprint density at radius 2 is 1.44 bits per heavy atom. The molecule has 0 aromatic heterocycles. The third kappa shape index (κ3) is 14.0. The van der Waals surface area contributed by atoms with Crippen LogP contribution in [0.3, 0.4) is 0 Å². The second-order valence-corrected chi connectivity index (χ2v) is 17.7. The quantitative estimate of drug-likeness (QED) is 0.101. The van der Waals surface area contributed by atoms with Crippen molar-refractivity contribution in [1.29, 1.82) is 0 Å². The maximum Gasteiger partial charge on any atom is 0.397 e. The first kappa shape index (κ1) is 51.2. The number of likely N-dealkylation sites (N-methyl/N-ethyl adjacent to an activating group) is 1. The summed E-state index contributed by atoms with van der Waals surface area (Å²) < 4.78 is 41.1. The second-order valence-electron chi connectivity index (χ2n) is 16.6. The highest BCUT2D eigenvalue weighted by atomic mass is 32.3. The van der Waals surface area contributed by atoms with Crippen LogP contribution in [0.25, 0.3) is 0 Å². The number of esters is 1. The van der Waals surface area contributed by atoms with Crippen LogP contribution >= 0.6 is 0 Å². The molecule has 20 nitrogen and oxygen atoms in total. The number of benzene rings is 2. The molecule has 2 heterocycles. The molecule has 2 fully saturated rings. The molecule has 2 aromatic rings. The Morgan fingerprint density at radius 1 is 0.859 bits per heavy atom. The number of hydrogen-bond acceptors (Lipinski definition) is 13. The zero-order chi connectivity index (χ0) is 47.5. The standard InChI is InChI=1S/C43H60N6O14S/c1-7-25(4)35-43(58)63-26(5)36(47-39(54)33(50)23-62-64(59,60)61)40(55)45-30(20-24(2)3)37(52)44-29-18-19-34(51)49(41(29)56)32(22-28-16-12-9-13-17-28)42(57)48(6)31(38(53)46-35)21-27-14-10-8-11-15-27/h8-17,24-26,29-36,50-51H,7,18-23H2,1-6H3,(H,44,52)(H,45,55)(H,46,53)(H,47,54)(H,59,60,61)/t25-,26-,29+,30+,31+,32+,33+,34-,35+,36+/m1/s1. The van der Waals surface area contributed by atoms with E-state index in [2.05, 4.69) is 25.5 Å². The molecule has 2 aliphatic heterocycles. The zero-order valence-corrected chi connectivity index (χ0v) is 37.5. The Bertz CT molecular complexity index is 2080. The summed E-state index contributed by atoms with van der Waals surface area (Å²) >= 11 is 0. The predicted octanol–water partition coefficient (Wildman–Crippen LogP) is -0.235. The van der Waals surface area contributed by atoms with Crippen LogP contribution in [-0.4, -0.2) is 143 Å². The van der Waals surface area contributed by atoms with Crippen LogP contribution in [0, 0.1) is 11.8 Å². The average Bonchev–Trinajstić information content (AvgIpc) is 3.24. The highest BCUT2D eigenvalue weighted by molar-refractivity contribution is 7.80. The van der Waals surface area contributed by atoms with E-state index in [4.69, 9.17) is 9.29 Å². The molecule has 4 rings (SSSR count). The van der Waals surface area contributed by atoms with E-state index >= 15 is 0 Å². The van der Waals surface area contributed by atoms with Crippen LogP contribution in [0.5, 0.6) is 0 Å². The first-order chi connectivity index (χ1) is 30.1. The van der Waals surface area contributed by atoms with Crippen LogP contribution in [0.4, 0.5) is 0 Å². The molecule has 7 N–H and O–H groups in total. The lowest BCUT2D eigenvalue weighted by molar-refractivity contribution is -0.165. The lowest BCUT2D eigenvalue weighted by atomic mass is 9.94. The fraction of sp³-hybridized carbons (Fsp3) is 0.558. The van der Waals surface area contributed by atoms with Crippen LogP contribution < -0.4 is 21.3 Å². The molecular weight excluding hydrogens is 857 g/mol. The van der Waals surface area contributed by atoms with Crippen molar-refractivity contribution in [3.05, 3.63) is 71.8 Å². The molecule has 2 aromatic carbocycles. The van der Waals surface area contributed by atoms with Crippen molar-refractivity contribution in [2.45, 2.75) is 128 Å². The van der Waals surface area contributed by atoms with Gasteiger partial charge in [-0.15, -0.1) is 0 Å². The average molecular weight is 917 g/mol. The Morgan fingerprint density at radius 3 is 1.98 bits per heavy atom. The molecule has 0 unspecified atom stereocenters. The van der Waals surface area contributed by atoms with Gasteiger partial charge in [-0.3, -0.25) is 33.3 Å². The third-order valence-electron chi connectivity index (χ3n) is 11.3. The highest BCUT2D eigenvalue weighted by Crippen LogP contribution is 2.25. The minimum atomic E-state index is -5.10. The summed E-state index contributed by atoms with van der Waals surface area (Å²) in [7, 11) is -3.72. The van der Waals surface area contributed by atoms with E-state index in [1.807, 2.05) is 0 Å². The van der Waals surface area contributed by atoms with Crippen molar-refractivity contribution in [2.75, 3.05) is 13.7 Å². The van der Waals surface area contributed by atoms with Gasteiger partial charge in [0.1, 0.15) is 55.2 Å². The predicted molar refractivity (Wildman–Crippen MR) is 228 cm³/mol. The number of amides is 6. The summed E-state index contributed by atoms with van der Waals surface area (Å²) in [6.45, 7) is 6.85. The summed E-state index contributed by atoms with van der Waals surface area (Å²) in [5.41, 5.74) is 1.26. The number of hydrogen-bond donors (Lipinski definition) is 7. The monoisotopic (exact) mass is 916 g/mol. The lowest BCUT2D eigenvalue weighted by Crippen LogP contribution is -2.65. The van der Waals surface area contributed by atoms with Gasteiger partial charge in [-0.1, -0.05) is 94.8 Å². The molecular formula is C43H60N6O14S. The number of carbonyl (C=O) groups is 7. The molecule has 0 saturated carbocycles. The van der Waals surface area contributed by atoms with Gasteiger partial charge in [0.05, 0.1) is 0 Å². The van der Waals surface area contributed by atoms with Gasteiger partial charge in [0.2, 0.25) is 29.5 Å². The molecule has 0 radical (unpaired) electrons. The molecule has 0 aliphatic carbocycles. The van der Waals surface area contributed by atoms with Crippen molar-refractivity contribution in [3.8, 4) is 0 Å². The number of aliphatic hydroxyl groups is 2. The molecule has 2 aliphatic rings. The fourth-order valence-electron chi connectivity index (χ4n) is 7.53. The fourth-order valence-corrected chi connectivity index (χ4v) is 7.83. The minimum absolute atomic E-state index is 0.0185. The van der Waals surface area contributed by atoms with Gasteiger partial charge in [-0.25, -0.2) is 8.98 Å². The molecule has 6 amide bonds.